The highest BCUT2D eigenvalue weighted by Crippen LogP contribution is 2.44. The van der Waals surface area contributed by atoms with Gasteiger partial charge in [0.05, 0.1) is 36.1 Å². The van der Waals surface area contributed by atoms with E-state index in [1.54, 1.807) is 39.0 Å². The SMILES string of the molecule is CC[C@@H]1C[C@H](N(Cc2cc(C(F)(F)F)cc(C(F)(F)F)c2)c2nnn(CC(=O)OC)n2)c2cc(C)ccc2N1C(=O)OC(C)C. The van der Waals surface area contributed by atoms with Crippen molar-refractivity contribution >= 4 is 23.7 Å². The van der Waals surface area contributed by atoms with E-state index in [9.17, 15) is 35.9 Å². The van der Waals surface area contributed by atoms with Gasteiger partial charge in [0.2, 0.25) is 0 Å². The second kappa shape index (κ2) is 12.9. The number of methoxy groups -OCH3 is 1. The number of carbonyl (C=O) groups excluding carboxylic acids is 2. The molecule has 0 saturated carbocycles. The molecule has 45 heavy (non-hydrogen) atoms. The lowest BCUT2D eigenvalue weighted by molar-refractivity contribution is -0.143. The first-order valence-corrected chi connectivity index (χ1v) is 14.0. The van der Waals surface area contributed by atoms with E-state index in [0.29, 0.717) is 29.8 Å². The number of aryl methyl sites for hydroxylation is 1. The second-order valence-corrected chi connectivity index (χ2v) is 10.9. The van der Waals surface area contributed by atoms with Crippen LogP contribution >= 0.6 is 0 Å². The lowest BCUT2D eigenvalue weighted by atomic mass is 9.87. The zero-order valence-corrected chi connectivity index (χ0v) is 25.1. The fourth-order valence-electron chi connectivity index (χ4n) is 5.22. The molecule has 0 saturated heterocycles. The fraction of sp³-hybridized carbons (Fsp3) is 0.483. The Morgan fingerprint density at radius 3 is 2.24 bits per heavy atom. The third-order valence-corrected chi connectivity index (χ3v) is 7.24. The summed E-state index contributed by atoms with van der Waals surface area (Å²) in [4.78, 5) is 29.0. The molecule has 4 rings (SSSR count). The van der Waals surface area contributed by atoms with Gasteiger partial charge >= 0.3 is 24.4 Å². The maximum absolute atomic E-state index is 13.7. The number of halogens is 6. The summed E-state index contributed by atoms with van der Waals surface area (Å²) in [5.41, 5.74) is -1.46. The van der Waals surface area contributed by atoms with Gasteiger partial charge in [0.15, 0.2) is 6.54 Å². The monoisotopic (exact) mass is 642 g/mol. The lowest BCUT2D eigenvalue weighted by Gasteiger charge is -2.44. The molecule has 1 amide bonds. The molecule has 2 atom stereocenters. The molecule has 2 aromatic carbocycles. The molecular formula is C29H32F6N6O4. The Labute approximate surface area is 254 Å². The number of benzene rings is 2. The quantitative estimate of drug-likeness (QED) is 0.204. The first kappa shape index (κ1) is 33.5. The molecule has 10 nitrogen and oxygen atoms in total. The van der Waals surface area contributed by atoms with Gasteiger partial charge in [-0.25, -0.2) is 9.59 Å². The summed E-state index contributed by atoms with van der Waals surface area (Å²) in [6.07, 6.45) is -10.5. The van der Waals surface area contributed by atoms with Gasteiger partial charge < -0.3 is 14.4 Å². The maximum Gasteiger partial charge on any atom is 0.416 e. The van der Waals surface area contributed by atoms with Crippen molar-refractivity contribution < 1.29 is 45.4 Å². The van der Waals surface area contributed by atoms with Crippen LogP contribution in [0, 0.1) is 6.92 Å². The number of esters is 1. The number of hydrogen-bond donors (Lipinski definition) is 0. The highest BCUT2D eigenvalue weighted by molar-refractivity contribution is 5.90. The van der Waals surface area contributed by atoms with Crippen LogP contribution in [0.1, 0.15) is 67.5 Å². The van der Waals surface area contributed by atoms with Crippen molar-refractivity contribution in [1.29, 1.82) is 0 Å². The molecule has 1 aromatic heterocycles. The molecule has 244 valence electrons. The average Bonchev–Trinajstić information content (AvgIpc) is 3.41. The molecule has 0 fully saturated rings. The number of carbonyl (C=O) groups is 2. The van der Waals surface area contributed by atoms with Crippen LogP contribution in [-0.2, 0) is 39.7 Å². The molecule has 1 aliphatic heterocycles. The van der Waals surface area contributed by atoms with Crippen molar-refractivity contribution in [1.82, 2.24) is 20.2 Å². The van der Waals surface area contributed by atoms with Gasteiger partial charge in [-0.1, -0.05) is 29.7 Å². The molecule has 0 unspecified atom stereocenters. The molecule has 3 aromatic rings. The van der Waals surface area contributed by atoms with E-state index in [-0.39, 0.29) is 24.0 Å². The van der Waals surface area contributed by atoms with Gasteiger partial charge in [0, 0.05) is 12.6 Å². The highest BCUT2D eigenvalue weighted by atomic mass is 19.4. The molecule has 1 aliphatic rings. The topological polar surface area (TPSA) is 103 Å². The van der Waals surface area contributed by atoms with Crippen LogP contribution in [0.3, 0.4) is 0 Å². The largest absolute Gasteiger partial charge is 0.468 e. The van der Waals surface area contributed by atoms with Crippen LogP contribution < -0.4 is 9.80 Å². The van der Waals surface area contributed by atoms with E-state index in [2.05, 4.69) is 20.1 Å². The molecule has 0 N–H and O–H groups in total. The molecule has 0 bridgehead atoms. The molecule has 0 aliphatic carbocycles. The van der Waals surface area contributed by atoms with E-state index in [1.165, 1.54) is 9.80 Å². The van der Waals surface area contributed by atoms with Gasteiger partial charge in [-0.2, -0.15) is 31.1 Å². The Morgan fingerprint density at radius 1 is 1.04 bits per heavy atom. The summed E-state index contributed by atoms with van der Waals surface area (Å²) in [6.45, 7) is 6.12. The number of amides is 1. The van der Waals surface area contributed by atoms with Crippen LogP contribution in [0.5, 0.6) is 0 Å². The standard InChI is InChI=1S/C29H32F6N6O4/c1-6-21-13-24(22-9-17(4)7-8-23(22)41(21)27(43)45-16(2)3)39(26-36-38-40(37-26)15-25(42)44-5)14-18-10-19(28(30,31)32)12-20(11-18)29(33,34)35/h7-12,16,21,24H,6,13-15H2,1-5H3/t21-,24+/m1/s1. The van der Waals surface area contributed by atoms with Crippen molar-refractivity contribution in [2.75, 3.05) is 16.9 Å². The molecule has 2 heterocycles. The second-order valence-electron chi connectivity index (χ2n) is 10.9. The van der Waals surface area contributed by atoms with E-state index < -0.39 is 66.8 Å². The van der Waals surface area contributed by atoms with Crippen molar-refractivity contribution in [2.24, 2.45) is 0 Å². The van der Waals surface area contributed by atoms with Gasteiger partial charge in [0.25, 0.3) is 5.95 Å². The Morgan fingerprint density at radius 2 is 1.69 bits per heavy atom. The third-order valence-electron chi connectivity index (χ3n) is 7.24. The summed E-state index contributed by atoms with van der Waals surface area (Å²) >= 11 is 0. The summed E-state index contributed by atoms with van der Waals surface area (Å²) in [5.74, 6) is -0.863. The Balaban J connectivity index is 1.89. The number of hydrogen-bond acceptors (Lipinski definition) is 8. The Kier molecular flexibility index (Phi) is 9.63. The summed E-state index contributed by atoms with van der Waals surface area (Å²) in [5, 5.41) is 12.1. The van der Waals surface area contributed by atoms with Crippen LogP contribution in [-0.4, -0.2) is 51.5 Å². The smallest absolute Gasteiger partial charge is 0.416 e. The zero-order valence-electron chi connectivity index (χ0n) is 25.1. The number of aromatic nitrogens is 4. The molecule has 0 spiro atoms. The number of alkyl halides is 6. The van der Waals surface area contributed by atoms with Crippen LogP contribution in [0.4, 0.5) is 42.8 Å². The number of fused-ring (bicyclic) bond motifs is 1. The maximum atomic E-state index is 13.7. The van der Waals surface area contributed by atoms with Crippen LogP contribution in [0.15, 0.2) is 36.4 Å². The van der Waals surface area contributed by atoms with Gasteiger partial charge in [0.1, 0.15) is 0 Å². The van der Waals surface area contributed by atoms with Crippen molar-refractivity contribution in [2.45, 2.75) is 84.2 Å². The molecular weight excluding hydrogens is 610 g/mol. The van der Waals surface area contributed by atoms with Crippen molar-refractivity contribution in [3.8, 4) is 0 Å². The van der Waals surface area contributed by atoms with Crippen molar-refractivity contribution in [3.63, 3.8) is 0 Å². The molecule has 16 heteroatoms. The third kappa shape index (κ3) is 7.65. The summed E-state index contributed by atoms with van der Waals surface area (Å²) in [7, 11) is 1.15. The van der Waals surface area contributed by atoms with Crippen LogP contribution in [0.2, 0.25) is 0 Å². The van der Waals surface area contributed by atoms with Gasteiger partial charge in [-0.15, -0.1) is 5.10 Å². The summed E-state index contributed by atoms with van der Waals surface area (Å²) < 4.78 is 92.6. The van der Waals surface area contributed by atoms with E-state index in [4.69, 9.17) is 4.74 Å². The normalized spacial score (nSPS) is 16.8. The first-order valence-electron chi connectivity index (χ1n) is 14.0. The predicted molar refractivity (Wildman–Crippen MR) is 149 cm³/mol. The Hall–Kier alpha value is -4.37. The number of rotatable bonds is 8. The number of ether oxygens (including phenoxy) is 2. The van der Waals surface area contributed by atoms with E-state index in [0.717, 1.165) is 17.5 Å². The summed E-state index contributed by atoms with van der Waals surface area (Å²) in [6, 6.07) is 5.40. The number of tetrazole rings is 1. The lowest BCUT2D eigenvalue weighted by Crippen LogP contribution is -2.48. The van der Waals surface area contributed by atoms with Gasteiger partial charge in [-0.3, -0.25) is 4.90 Å². The van der Waals surface area contributed by atoms with Crippen molar-refractivity contribution in [3.05, 3.63) is 64.2 Å². The Bertz CT molecular complexity index is 1510. The van der Waals surface area contributed by atoms with E-state index >= 15 is 0 Å². The predicted octanol–water partition coefficient (Wildman–Crippen LogP) is 6.47. The molecule has 0 radical (unpaired) electrons. The van der Waals surface area contributed by atoms with Gasteiger partial charge in [-0.05, 0) is 74.2 Å². The minimum atomic E-state index is -5.05. The first-order chi connectivity index (χ1) is 21.0. The van der Waals surface area contributed by atoms with E-state index in [1.807, 2.05) is 6.92 Å². The minimum Gasteiger partial charge on any atom is -0.468 e. The van der Waals surface area contributed by atoms with Crippen LogP contribution in [0.25, 0.3) is 0 Å². The number of nitrogens with zero attached hydrogens (tertiary/aromatic N) is 6. The average molecular weight is 643 g/mol. The minimum absolute atomic E-state index is 0.0589. The zero-order chi connectivity index (χ0) is 33.3. The number of anilines is 2. The highest BCUT2D eigenvalue weighted by Gasteiger charge is 2.41. The fourth-order valence-corrected chi connectivity index (χ4v) is 5.22.